The minimum Gasteiger partial charge on any atom is -1.00 e. The van der Waals surface area contributed by atoms with Crippen molar-refractivity contribution in [2.75, 3.05) is 19.8 Å². The summed E-state index contributed by atoms with van der Waals surface area (Å²) in [6.45, 7) is 6.49. The van der Waals surface area contributed by atoms with E-state index in [-0.39, 0.29) is 75.2 Å². The van der Waals surface area contributed by atoms with Crippen LogP contribution in [-0.2, 0) is 0 Å². The monoisotopic (exact) mass is 581 g/mol. The molecule has 0 heterocycles. The molecule has 0 aromatic carbocycles. The van der Waals surface area contributed by atoms with Gasteiger partial charge >= 0.3 is 59.1 Å². The van der Waals surface area contributed by atoms with E-state index < -0.39 is 6.10 Å². The molecule has 0 rings (SSSR count). The van der Waals surface area contributed by atoms with Crippen molar-refractivity contribution in [3.05, 3.63) is 0 Å². The van der Waals surface area contributed by atoms with E-state index in [1.165, 1.54) is 161 Å². The number of unbranched alkanes of at least 4 members (excludes halogenated alkanes) is 24. The van der Waals surface area contributed by atoms with Crippen LogP contribution in [0.25, 0.3) is 0 Å². The second-order valence-corrected chi connectivity index (χ2v) is 10.9. The fourth-order valence-electron chi connectivity index (χ4n) is 4.28. The van der Waals surface area contributed by atoms with Gasteiger partial charge in [-0.1, -0.05) is 181 Å². The maximum Gasteiger partial charge on any atom is 1.00 e. The summed E-state index contributed by atoms with van der Waals surface area (Å²) < 4.78 is 0. The predicted octanol–water partition coefficient (Wildman–Crippen LogP) is 3.73. The van der Waals surface area contributed by atoms with Crippen LogP contribution in [0.2, 0.25) is 0 Å². The van der Waals surface area contributed by atoms with Gasteiger partial charge in [-0.05, 0) is 6.42 Å². The fraction of sp³-hybridized carbons (Fsp3) is 1.00. The van der Waals surface area contributed by atoms with Crippen LogP contribution in [-0.4, -0.2) is 46.4 Å². The standard InChI is InChI=1S/C18H38O.C12H26.C3H8O3.2Na.2H/c1-2-3-4-5-6-7-8-9-10-11-12-13-14-15-16-17-18-19;1-3-5-7-9-11-12-10-8-6-4-2;4-1-3(6)2-5;;;;/h19H,2-18H2,1H3;3-12H2,1-2H3;3-6H,1-2H2;;;;/q;;;2*+1;2*-1. The van der Waals surface area contributed by atoms with Gasteiger partial charge < -0.3 is 23.3 Å². The largest absolute Gasteiger partial charge is 1.00 e. The molecule has 0 aromatic heterocycles. The van der Waals surface area contributed by atoms with E-state index >= 15 is 0 Å². The molecule has 0 fully saturated rings. The van der Waals surface area contributed by atoms with Crippen molar-refractivity contribution in [3.8, 4) is 0 Å². The summed E-state index contributed by atoms with van der Waals surface area (Å²) in [7, 11) is 0. The molecule has 0 atom stereocenters. The van der Waals surface area contributed by atoms with Crippen LogP contribution in [0, 0.1) is 0 Å². The molecule has 0 amide bonds. The van der Waals surface area contributed by atoms with Crippen molar-refractivity contribution in [2.24, 2.45) is 0 Å². The van der Waals surface area contributed by atoms with Gasteiger partial charge in [0, 0.05) is 6.61 Å². The van der Waals surface area contributed by atoms with Crippen molar-refractivity contribution in [1.29, 1.82) is 0 Å². The maximum absolute atomic E-state index is 8.67. The van der Waals surface area contributed by atoms with Gasteiger partial charge in [-0.3, -0.25) is 0 Å². The van der Waals surface area contributed by atoms with E-state index in [0.717, 1.165) is 6.42 Å². The molecule has 39 heavy (non-hydrogen) atoms. The molecule has 0 aliphatic carbocycles. The first kappa shape index (κ1) is 50.5. The average molecular weight is 581 g/mol. The Hall–Kier alpha value is 1.84. The fourth-order valence-corrected chi connectivity index (χ4v) is 4.28. The quantitative estimate of drug-likeness (QED) is 0.0882. The van der Waals surface area contributed by atoms with Crippen molar-refractivity contribution >= 4 is 0 Å². The van der Waals surface area contributed by atoms with E-state index in [2.05, 4.69) is 20.8 Å². The van der Waals surface area contributed by atoms with Gasteiger partial charge in [0.15, 0.2) is 0 Å². The molecule has 0 bridgehead atoms. The second kappa shape index (κ2) is 52.5. The van der Waals surface area contributed by atoms with Crippen LogP contribution in [0.1, 0.15) is 191 Å². The second-order valence-electron chi connectivity index (χ2n) is 10.9. The summed E-state index contributed by atoms with van der Waals surface area (Å²) in [5.41, 5.74) is 0. The Labute approximate surface area is 293 Å². The summed E-state index contributed by atoms with van der Waals surface area (Å²) in [5.74, 6) is 0. The molecule has 4 nitrogen and oxygen atoms in total. The summed E-state index contributed by atoms with van der Waals surface area (Å²) in [4.78, 5) is 0. The van der Waals surface area contributed by atoms with E-state index in [1.807, 2.05) is 0 Å². The number of rotatable bonds is 27. The zero-order valence-electron chi connectivity index (χ0n) is 29.9. The van der Waals surface area contributed by atoms with Crippen LogP contribution in [0.4, 0.5) is 0 Å². The topological polar surface area (TPSA) is 80.9 Å². The molecular weight excluding hydrogens is 506 g/mol. The van der Waals surface area contributed by atoms with Gasteiger partial charge in [-0.2, -0.15) is 0 Å². The van der Waals surface area contributed by atoms with Gasteiger partial charge in [-0.15, -0.1) is 0 Å². The van der Waals surface area contributed by atoms with Gasteiger partial charge in [0.1, 0.15) is 6.10 Å². The Kier molecular flexibility index (Phi) is 67.9. The molecule has 0 radical (unpaired) electrons. The van der Waals surface area contributed by atoms with Gasteiger partial charge in [-0.25, -0.2) is 0 Å². The van der Waals surface area contributed by atoms with E-state index in [4.69, 9.17) is 20.4 Å². The third-order valence-electron chi connectivity index (χ3n) is 6.89. The third-order valence-corrected chi connectivity index (χ3v) is 6.89. The van der Waals surface area contributed by atoms with E-state index in [0.29, 0.717) is 6.61 Å². The van der Waals surface area contributed by atoms with Gasteiger partial charge in [0.25, 0.3) is 0 Å². The molecular formula is C33H74Na2O4. The molecule has 4 N–H and O–H groups in total. The van der Waals surface area contributed by atoms with Crippen molar-refractivity contribution < 1.29 is 82.4 Å². The molecule has 0 saturated carbocycles. The normalized spacial score (nSPS) is 10.2. The Morgan fingerprint density at radius 1 is 0.359 bits per heavy atom. The number of hydrogen-bond donors (Lipinski definition) is 4. The smallest absolute Gasteiger partial charge is 1.00 e. The summed E-state index contributed by atoms with van der Waals surface area (Å²) >= 11 is 0. The van der Waals surface area contributed by atoms with Gasteiger partial charge in [0.2, 0.25) is 0 Å². The molecule has 0 unspecified atom stereocenters. The van der Waals surface area contributed by atoms with E-state index in [9.17, 15) is 0 Å². The zero-order valence-corrected chi connectivity index (χ0v) is 31.9. The van der Waals surface area contributed by atoms with Crippen LogP contribution in [0.15, 0.2) is 0 Å². The summed E-state index contributed by atoms with van der Waals surface area (Å²) in [6.07, 6.45) is 35.7. The first-order chi connectivity index (χ1) is 18.1. The molecule has 0 aliphatic heterocycles. The zero-order chi connectivity index (χ0) is 28.1. The molecule has 0 spiro atoms. The minimum atomic E-state index is -0.954. The van der Waals surface area contributed by atoms with Crippen molar-refractivity contribution in [1.82, 2.24) is 0 Å². The van der Waals surface area contributed by atoms with Crippen LogP contribution < -0.4 is 59.1 Å². The van der Waals surface area contributed by atoms with E-state index in [1.54, 1.807) is 0 Å². The average Bonchev–Trinajstić information content (AvgIpc) is 2.92. The Balaban J connectivity index is -0.0000000911. The maximum atomic E-state index is 8.67. The molecule has 0 aromatic rings. The van der Waals surface area contributed by atoms with Crippen LogP contribution >= 0.6 is 0 Å². The molecule has 6 heteroatoms. The first-order valence-electron chi connectivity index (χ1n) is 16.6. The summed E-state index contributed by atoms with van der Waals surface area (Å²) in [6, 6.07) is 0. The minimum absolute atomic E-state index is 0. The SMILES string of the molecule is CCCCCCCCCCCC.CCCCCCCCCCCCCCCCCCO.OCC(O)CO.[H-].[H-].[Na+].[Na+]. The van der Waals surface area contributed by atoms with Gasteiger partial charge in [0.05, 0.1) is 13.2 Å². The Morgan fingerprint density at radius 2 is 0.538 bits per heavy atom. The Morgan fingerprint density at radius 3 is 0.667 bits per heavy atom. The Bertz CT molecular complexity index is 331. The first-order valence-corrected chi connectivity index (χ1v) is 16.6. The number of aliphatic hydroxyl groups is 4. The van der Waals surface area contributed by atoms with Crippen molar-refractivity contribution in [2.45, 2.75) is 194 Å². The molecule has 232 valence electrons. The number of hydrogen-bond acceptors (Lipinski definition) is 4. The molecule has 0 aliphatic rings. The third kappa shape index (κ3) is 60.0. The van der Waals surface area contributed by atoms with Crippen LogP contribution in [0.5, 0.6) is 0 Å². The number of aliphatic hydroxyl groups excluding tert-OH is 4. The van der Waals surface area contributed by atoms with Crippen LogP contribution in [0.3, 0.4) is 0 Å². The van der Waals surface area contributed by atoms with Crippen molar-refractivity contribution in [3.63, 3.8) is 0 Å². The summed E-state index contributed by atoms with van der Waals surface area (Å²) in [5, 5.41) is 32.7. The molecule has 0 saturated heterocycles. The predicted molar refractivity (Wildman–Crippen MR) is 167 cm³/mol.